The molecule has 1 aliphatic heterocycles. The first kappa shape index (κ1) is 13.5. The lowest BCUT2D eigenvalue weighted by Crippen LogP contribution is -2.37. The number of hydrogen-bond donors (Lipinski definition) is 0. The topological polar surface area (TPSA) is 64.2 Å². The van der Waals surface area contributed by atoms with Crippen LogP contribution in [0.4, 0.5) is 15.8 Å². The van der Waals surface area contributed by atoms with Crippen LogP contribution >= 0.6 is 0 Å². The maximum absolute atomic E-state index is 14.1. The predicted molar refractivity (Wildman–Crippen MR) is 75.8 cm³/mol. The van der Waals surface area contributed by atoms with Gasteiger partial charge in [0.1, 0.15) is 0 Å². The van der Waals surface area contributed by atoms with Crippen LogP contribution in [0.15, 0.2) is 36.7 Å². The molecule has 2 aromatic rings. The molecule has 6 nitrogen and oxygen atoms in total. The number of non-ortho nitro benzene ring substituents is 1. The Labute approximate surface area is 120 Å². The van der Waals surface area contributed by atoms with Crippen LogP contribution in [0.3, 0.4) is 0 Å². The Kier molecular flexibility index (Phi) is 3.55. The van der Waals surface area contributed by atoms with Gasteiger partial charge in [-0.25, -0.2) is 4.39 Å². The first-order valence-corrected chi connectivity index (χ1v) is 6.83. The van der Waals surface area contributed by atoms with Crippen LogP contribution in [-0.2, 0) is 0 Å². The minimum Gasteiger partial charge on any atom is -0.367 e. The molecule has 1 aromatic carbocycles. The van der Waals surface area contributed by atoms with Gasteiger partial charge in [-0.1, -0.05) is 0 Å². The van der Waals surface area contributed by atoms with E-state index in [1.165, 1.54) is 12.1 Å². The van der Waals surface area contributed by atoms with Gasteiger partial charge in [0.15, 0.2) is 5.82 Å². The molecule has 1 aliphatic rings. The van der Waals surface area contributed by atoms with Crippen molar-refractivity contribution in [1.29, 1.82) is 0 Å². The molecule has 0 N–H and O–H groups in total. The first-order chi connectivity index (χ1) is 10.1. The number of halogens is 1. The fourth-order valence-electron chi connectivity index (χ4n) is 2.75. The molecule has 1 saturated heterocycles. The fourth-order valence-corrected chi connectivity index (χ4v) is 2.75. The maximum Gasteiger partial charge on any atom is 0.272 e. The van der Waals surface area contributed by atoms with Gasteiger partial charge in [0.05, 0.1) is 22.7 Å². The summed E-state index contributed by atoms with van der Waals surface area (Å²) in [4.78, 5) is 12.0. The van der Waals surface area contributed by atoms with Gasteiger partial charge in [-0.15, -0.1) is 0 Å². The minimum atomic E-state index is -0.588. The second kappa shape index (κ2) is 5.51. The predicted octanol–water partition coefficient (Wildman–Crippen LogP) is 2.77. The van der Waals surface area contributed by atoms with Crippen LogP contribution in [0.25, 0.3) is 0 Å². The third-order valence-electron chi connectivity index (χ3n) is 3.78. The Morgan fingerprint density at radius 1 is 1.43 bits per heavy atom. The summed E-state index contributed by atoms with van der Waals surface area (Å²) in [7, 11) is 0. The zero-order chi connectivity index (χ0) is 14.8. The smallest absolute Gasteiger partial charge is 0.272 e. The lowest BCUT2D eigenvalue weighted by molar-refractivity contribution is -0.385. The van der Waals surface area contributed by atoms with Gasteiger partial charge in [0, 0.05) is 31.5 Å². The average molecular weight is 290 g/mol. The van der Waals surface area contributed by atoms with Crippen molar-refractivity contribution in [3.63, 3.8) is 0 Å². The van der Waals surface area contributed by atoms with E-state index < -0.39 is 10.7 Å². The van der Waals surface area contributed by atoms with E-state index in [9.17, 15) is 14.5 Å². The molecule has 21 heavy (non-hydrogen) atoms. The third kappa shape index (κ3) is 2.72. The maximum atomic E-state index is 14.1. The second-order valence-electron chi connectivity index (χ2n) is 5.12. The van der Waals surface area contributed by atoms with Crippen molar-refractivity contribution < 1.29 is 9.31 Å². The summed E-state index contributed by atoms with van der Waals surface area (Å²) in [6.45, 7) is 1.39. The highest BCUT2D eigenvalue weighted by molar-refractivity contribution is 5.52. The van der Waals surface area contributed by atoms with E-state index in [-0.39, 0.29) is 11.7 Å². The molecule has 0 spiro atoms. The molecule has 0 bridgehead atoms. The highest BCUT2D eigenvalue weighted by Crippen LogP contribution is 2.29. The molecule has 1 atom stereocenters. The molecule has 2 heterocycles. The van der Waals surface area contributed by atoms with E-state index in [2.05, 4.69) is 5.10 Å². The normalized spacial score (nSPS) is 18.7. The molecule has 0 saturated carbocycles. The first-order valence-electron chi connectivity index (χ1n) is 6.83. The molecule has 1 aromatic heterocycles. The number of nitro groups is 1. The molecular formula is C14H15FN4O2. The number of benzene rings is 1. The van der Waals surface area contributed by atoms with Crippen molar-refractivity contribution in [2.24, 2.45) is 0 Å². The largest absolute Gasteiger partial charge is 0.367 e. The lowest BCUT2D eigenvalue weighted by Gasteiger charge is -2.34. The molecular weight excluding hydrogens is 275 g/mol. The summed E-state index contributed by atoms with van der Waals surface area (Å²) < 4.78 is 16.0. The lowest BCUT2D eigenvalue weighted by atomic mass is 10.0. The van der Waals surface area contributed by atoms with Crippen LogP contribution in [0.5, 0.6) is 0 Å². The van der Waals surface area contributed by atoms with Crippen LogP contribution in [0.1, 0.15) is 18.9 Å². The highest BCUT2D eigenvalue weighted by atomic mass is 19.1. The summed E-state index contributed by atoms with van der Waals surface area (Å²) in [5.41, 5.74) is 0.189. The summed E-state index contributed by atoms with van der Waals surface area (Å²) in [5.74, 6) is -0.551. The van der Waals surface area contributed by atoms with Crippen molar-refractivity contribution >= 4 is 11.4 Å². The van der Waals surface area contributed by atoms with E-state index >= 15 is 0 Å². The Morgan fingerprint density at radius 2 is 2.29 bits per heavy atom. The van der Waals surface area contributed by atoms with Crippen molar-refractivity contribution in [3.8, 4) is 0 Å². The molecule has 1 unspecified atom stereocenters. The van der Waals surface area contributed by atoms with Crippen LogP contribution in [-0.4, -0.2) is 27.8 Å². The van der Waals surface area contributed by atoms with Crippen molar-refractivity contribution in [1.82, 2.24) is 9.78 Å². The molecule has 1 fully saturated rings. The average Bonchev–Trinajstić information content (AvgIpc) is 3.01. The van der Waals surface area contributed by atoms with Crippen LogP contribution in [0, 0.1) is 15.9 Å². The molecule has 0 aliphatic carbocycles. The Morgan fingerprint density at radius 3 is 2.95 bits per heavy atom. The number of nitrogens with zero attached hydrogens (tertiary/aromatic N) is 4. The number of rotatable bonds is 3. The zero-order valence-electron chi connectivity index (χ0n) is 11.4. The van der Waals surface area contributed by atoms with Gasteiger partial charge < -0.3 is 4.90 Å². The highest BCUT2D eigenvalue weighted by Gasteiger charge is 2.24. The van der Waals surface area contributed by atoms with Gasteiger partial charge in [-0.2, -0.15) is 5.10 Å². The Bertz CT molecular complexity index is 644. The van der Waals surface area contributed by atoms with E-state index in [0.29, 0.717) is 12.2 Å². The van der Waals surface area contributed by atoms with E-state index in [1.807, 2.05) is 21.8 Å². The summed E-state index contributed by atoms with van der Waals surface area (Å²) in [5, 5.41) is 14.9. The summed E-state index contributed by atoms with van der Waals surface area (Å²) in [6, 6.07) is 5.87. The standard InChI is InChI=1S/C14H15FN4O2/c15-13-9-11(19(20)21)4-5-14(13)17-7-1-3-12(10-17)18-8-2-6-16-18/h2,4-6,8-9,12H,1,3,7,10H2. The minimum absolute atomic E-state index is 0.198. The number of hydrogen-bond acceptors (Lipinski definition) is 4. The molecule has 7 heteroatoms. The van der Waals surface area contributed by atoms with Crippen LogP contribution < -0.4 is 4.90 Å². The van der Waals surface area contributed by atoms with E-state index in [0.717, 1.165) is 25.5 Å². The molecule has 0 radical (unpaired) electrons. The van der Waals surface area contributed by atoms with Gasteiger partial charge in [0.2, 0.25) is 0 Å². The SMILES string of the molecule is O=[N+]([O-])c1ccc(N2CCCC(n3cccn3)C2)c(F)c1. The van der Waals surface area contributed by atoms with Gasteiger partial charge in [-0.05, 0) is 25.0 Å². The summed E-state index contributed by atoms with van der Waals surface area (Å²) in [6.07, 6.45) is 5.56. The van der Waals surface area contributed by atoms with Crippen molar-refractivity contribution in [2.75, 3.05) is 18.0 Å². The monoisotopic (exact) mass is 290 g/mol. The number of aromatic nitrogens is 2. The van der Waals surface area contributed by atoms with Crippen molar-refractivity contribution in [2.45, 2.75) is 18.9 Å². The Hall–Kier alpha value is -2.44. The van der Waals surface area contributed by atoms with E-state index in [1.54, 1.807) is 6.20 Å². The van der Waals surface area contributed by atoms with E-state index in [4.69, 9.17) is 0 Å². The molecule has 110 valence electrons. The second-order valence-corrected chi connectivity index (χ2v) is 5.12. The van der Waals surface area contributed by atoms with Gasteiger partial charge >= 0.3 is 0 Å². The fraction of sp³-hybridized carbons (Fsp3) is 0.357. The van der Waals surface area contributed by atoms with Crippen LogP contribution in [0.2, 0.25) is 0 Å². The number of anilines is 1. The number of piperidine rings is 1. The molecule has 3 rings (SSSR count). The Balaban J connectivity index is 1.82. The van der Waals surface area contributed by atoms with Crippen molar-refractivity contribution in [3.05, 3.63) is 52.6 Å². The zero-order valence-corrected chi connectivity index (χ0v) is 11.4. The van der Waals surface area contributed by atoms with Gasteiger partial charge in [0.25, 0.3) is 5.69 Å². The number of nitro benzene ring substituents is 1. The molecule has 0 amide bonds. The third-order valence-corrected chi connectivity index (χ3v) is 3.78. The summed E-state index contributed by atoms with van der Waals surface area (Å²) >= 11 is 0. The van der Waals surface area contributed by atoms with Gasteiger partial charge in [-0.3, -0.25) is 14.8 Å². The quantitative estimate of drug-likeness (QED) is 0.644.